The van der Waals surface area contributed by atoms with Gasteiger partial charge in [-0.15, -0.1) is 0 Å². The second-order valence-electron chi connectivity index (χ2n) is 5.47. The van der Waals surface area contributed by atoms with E-state index < -0.39 is 0 Å². The lowest BCUT2D eigenvalue weighted by Gasteiger charge is -2.43. The molecule has 1 fully saturated rings. The van der Waals surface area contributed by atoms with E-state index in [-0.39, 0.29) is 0 Å². The first kappa shape index (κ1) is 9.47. The third-order valence-electron chi connectivity index (χ3n) is 4.53. The fourth-order valence-electron chi connectivity index (χ4n) is 3.54. The Balaban J connectivity index is 2.03. The van der Waals surface area contributed by atoms with Crippen LogP contribution in [0.4, 0.5) is 0 Å². The Hall–Kier alpha value is -1.56. The van der Waals surface area contributed by atoms with Crippen molar-refractivity contribution in [3.8, 4) is 11.1 Å². The van der Waals surface area contributed by atoms with Gasteiger partial charge in [0, 0.05) is 0 Å². The van der Waals surface area contributed by atoms with Gasteiger partial charge in [0.2, 0.25) is 0 Å². The van der Waals surface area contributed by atoms with Crippen molar-refractivity contribution in [2.45, 2.75) is 31.6 Å². The van der Waals surface area contributed by atoms with Gasteiger partial charge >= 0.3 is 0 Å². The van der Waals surface area contributed by atoms with E-state index in [1.165, 1.54) is 29.5 Å². The van der Waals surface area contributed by atoms with Crippen LogP contribution in [0.2, 0.25) is 0 Å². The monoisotopic (exact) mass is 220 g/mol. The fourth-order valence-corrected chi connectivity index (χ4v) is 3.54. The molecular weight excluding hydrogens is 204 g/mol. The van der Waals surface area contributed by atoms with Crippen LogP contribution in [0.25, 0.3) is 11.1 Å². The highest BCUT2D eigenvalue weighted by atomic mass is 14.4. The Morgan fingerprint density at radius 3 is 2.35 bits per heavy atom. The first-order chi connectivity index (χ1) is 8.34. The van der Waals surface area contributed by atoms with Gasteiger partial charge in [0.15, 0.2) is 0 Å². The summed E-state index contributed by atoms with van der Waals surface area (Å²) in [5, 5.41) is 0. The number of hydrogen-bond donors (Lipinski definition) is 0. The predicted molar refractivity (Wildman–Crippen MR) is 71.3 cm³/mol. The highest BCUT2D eigenvalue weighted by Gasteiger charge is 2.39. The van der Waals surface area contributed by atoms with Crippen LogP contribution in [0.3, 0.4) is 0 Å². The normalized spacial score (nSPS) is 24.3. The summed E-state index contributed by atoms with van der Waals surface area (Å²) in [5.41, 5.74) is 7.53. The number of benzene rings is 2. The summed E-state index contributed by atoms with van der Waals surface area (Å²) >= 11 is 0. The zero-order chi connectivity index (χ0) is 11.4. The highest BCUT2D eigenvalue weighted by molar-refractivity contribution is 5.76. The average Bonchev–Trinajstić information content (AvgIpc) is 2.28. The summed E-state index contributed by atoms with van der Waals surface area (Å²) in [6, 6.07) is 15.9. The van der Waals surface area contributed by atoms with E-state index in [4.69, 9.17) is 0 Å². The van der Waals surface area contributed by atoms with Crippen molar-refractivity contribution < 1.29 is 0 Å². The molecule has 2 unspecified atom stereocenters. The molecule has 0 nitrogen and oxygen atoms in total. The Morgan fingerprint density at radius 1 is 0.824 bits per heavy atom. The zero-order valence-corrected chi connectivity index (χ0v) is 10.1. The lowest BCUT2D eigenvalue weighted by molar-refractivity contribution is 0.343. The van der Waals surface area contributed by atoms with Gasteiger partial charge in [0.1, 0.15) is 0 Å². The molecule has 0 heterocycles. The van der Waals surface area contributed by atoms with Crippen LogP contribution in [0.5, 0.6) is 0 Å². The van der Waals surface area contributed by atoms with Crippen LogP contribution in [-0.2, 0) is 0 Å². The van der Waals surface area contributed by atoms with Crippen LogP contribution in [-0.4, -0.2) is 0 Å². The average molecular weight is 220 g/mol. The van der Waals surface area contributed by atoms with Gasteiger partial charge in [-0.1, -0.05) is 48.0 Å². The van der Waals surface area contributed by atoms with Crippen molar-refractivity contribution in [1.82, 2.24) is 0 Å². The van der Waals surface area contributed by atoms with E-state index in [1.54, 1.807) is 11.1 Å². The molecule has 2 aromatic rings. The van der Waals surface area contributed by atoms with Gasteiger partial charge in [0.05, 0.1) is 0 Å². The van der Waals surface area contributed by atoms with Gasteiger partial charge < -0.3 is 0 Å². The van der Waals surface area contributed by atoms with E-state index >= 15 is 0 Å². The Morgan fingerprint density at radius 2 is 1.53 bits per heavy atom. The summed E-state index contributed by atoms with van der Waals surface area (Å²) in [6.45, 7) is 2.20. The van der Waals surface area contributed by atoms with Gasteiger partial charge in [-0.05, 0) is 53.9 Å². The molecule has 0 aliphatic heterocycles. The van der Waals surface area contributed by atoms with Crippen LogP contribution in [0, 0.1) is 6.92 Å². The summed E-state index contributed by atoms with van der Waals surface area (Å²) in [5.74, 6) is 1.58. The first-order valence-corrected chi connectivity index (χ1v) is 6.54. The molecule has 4 rings (SSSR count). The highest BCUT2D eigenvalue weighted by Crippen LogP contribution is 2.57. The number of rotatable bonds is 0. The van der Waals surface area contributed by atoms with Gasteiger partial charge in [-0.2, -0.15) is 0 Å². The van der Waals surface area contributed by atoms with E-state index in [2.05, 4.69) is 49.4 Å². The molecule has 0 saturated heterocycles. The summed E-state index contributed by atoms with van der Waals surface area (Å²) in [4.78, 5) is 0. The van der Waals surface area contributed by atoms with Crippen LogP contribution < -0.4 is 0 Å². The summed E-state index contributed by atoms with van der Waals surface area (Å²) in [7, 11) is 0. The largest absolute Gasteiger partial charge is 0.0619 e. The molecule has 0 heteroatoms. The maximum atomic E-state index is 2.40. The van der Waals surface area contributed by atoms with E-state index in [0.29, 0.717) is 0 Å². The lowest BCUT2D eigenvalue weighted by atomic mass is 9.61. The molecule has 1 saturated carbocycles. The van der Waals surface area contributed by atoms with Crippen molar-refractivity contribution in [3.63, 3.8) is 0 Å². The van der Waals surface area contributed by atoms with Crippen molar-refractivity contribution in [2.24, 2.45) is 0 Å². The molecule has 2 aliphatic carbocycles. The molecule has 0 spiro atoms. The van der Waals surface area contributed by atoms with Crippen molar-refractivity contribution in [1.29, 1.82) is 0 Å². The maximum absolute atomic E-state index is 2.40. The topological polar surface area (TPSA) is 0 Å². The molecule has 2 atom stereocenters. The molecule has 0 amide bonds. The van der Waals surface area contributed by atoms with Gasteiger partial charge in [-0.25, -0.2) is 0 Å². The van der Waals surface area contributed by atoms with Crippen molar-refractivity contribution in [2.75, 3.05) is 0 Å². The van der Waals surface area contributed by atoms with Crippen LogP contribution in [0.1, 0.15) is 41.4 Å². The van der Waals surface area contributed by atoms with Gasteiger partial charge in [0.25, 0.3) is 0 Å². The second kappa shape index (κ2) is 3.22. The second-order valence-corrected chi connectivity index (χ2v) is 5.47. The minimum absolute atomic E-state index is 0.791. The summed E-state index contributed by atoms with van der Waals surface area (Å²) in [6.07, 6.45) is 2.74. The summed E-state index contributed by atoms with van der Waals surface area (Å²) < 4.78 is 0. The lowest BCUT2D eigenvalue weighted by Crippen LogP contribution is -2.26. The first-order valence-electron chi connectivity index (χ1n) is 6.54. The van der Waals surface area contributed by atoms with Crippen LogP contribution in [0.15, 0.2) is 42.5 Å². The minimum atomic E-state index is 0.791. The molecule has 84 valence electrons. The van der Waals surface area contributed by atoms with Crippen molar-refractivity contribution in [3.05, 3.63) is 59.2 Å². The molecule has 2 aliphatic rings. The Bertz CT molecular complexity index is 595. The number of aryl methyl sites for hydroxylation is 1. The zero-order valence-electron chi connectivity index (χ0n) is 10.1. The van der Waals surface area contributed by atoms with Crippen LogP contribution >= 0.6 is 0 Å². The quantitative estimate of drug-likeness (QED) is 0.607. The van der Waals surface area contributed by atoms with Gasteiger partial charge in [-0.3, -0.25) is 0 Å². The standard InChI is InChI=1S/C17H16/c1-11-6-7-15-13-5-3-2-4-12(13)14-8-9-16(14)17(15)10-11/h2-7,10,14,16H,8-9H2,1H3. The van der Waals surface area contributed by atoms with E-state index in [1.807, 2.05) is 0 Å². The smallest absolute Gasteiger partial charge is 0.00864 e. The van der Waals surface area contributed by atoms with Crippen molar-refractivity contribution >= 4 is 0 Å². The Kier molecular flexibility index (Phi) is 1.80. The van der Waals surface area contributed by atoms with E-state index in [0.717, 1.165) is 11.8 Å². The molecule has 0 radical (unpaired) electrons. The maximum Gasteiger partial charge on any atom is -0.00864 e. The molecule has 0 N–H and O–H groups in total. The molecule has 2 aromatic carbocycles. The molecule has 0 bridgehead atoms. The molecule has 17 heavy (non-hydrogen) atoms. The third-order valence-corrected chi connectivity index (χ3v) is 4.53. The van der Waals surface area contributed by atoms with E-state index in [9.17, 15) is 0 Å². The fraction of sp³-hybridized carbons (Fsp3) is 0.294. The minimum Gasteiger partial charge on any atom is -0.0619 e. The number of fused-ring (bicyclic) bond motifs is 6. The molecular formula is C17H16. The predicted octanol–water partition coefficient (Wildman–Crippen LogP) is 4.64. The third kappa shape index (κ3) is 1.18. The SMILES string of the molecule is Cc1ccc2c(c1)C1CCC1c1ccccc1-2. The molecule has 0 aromatic heterocycles. The Labute approximate surface area is 102 Å². The number of hydrogen-bond acceptors (Lipinski definition) is 0.